The van der Waals surface area contributed by atoms with E-state index >= 15 is 0 Å². The van der Waals surface area contributed by atoms with Gasteiger partial charge in [-0.1, -0.05) is 11.6 Å². The standard InChI is InChI=1S/C10H16ClN3O/c1-7(15)4-3-5-12-10-8(2)9(11)13-6-14-10/h6-7,15H,3-5H2,1-2H3,(H,12,13,14). The molecule has 0 aliphatic rings. The third-order valence-corrected chi connectivity index (χ3v) is 2.49. The molecule has 0 spiro atoms. The van der Waals surface area contributed by atoms with Crippen LogP contribution in [0.2, 0.25) is 5.15 Å². The van der Waals surface area contributed by atoms with Gasteiger partial charge in [-0.25, -0.2) is 9.97 Å². The number of rotatable bonds is 5. The summed E-state index contributed by atoms with van der Waals surface area (Å²) in [5.74, 6) is 0.764. The average molecular weight is 230 g/mol. The molecule has 0 aliphatic carbocycles. The van der Waals surface area contributed by atoms with E-state index in [4.69, 9.17) is 16.7 Å². The van der Waals surface area contributed by atoms with Crippen LogP contribution in [0.5, 0.6) is 0 Å². The number of aromatic nitrogens is 2. The van der Waals surface area contributed by atoms with Gasteiger partial charge in [0.25, 0.3) is 0 Å². The molecule has 0 saturated heterocycles. The number of hydrogen-bond donors (Lipinski definition) is 2. The van der Waals surface area contributed by atoms with E-state index in [9.17, 15) is 0 Å². The lowest BCUT2D eigenvalue weighted by Gasteiger charge is -2.09. The molecule has 0 fully saturated rings. The summed E-state index contributed by atoms with van der Waals surface area (Å²) < 4.78 is 0. The Morgan fingerprint density at radius 1 is 1.53 bits per heavy atom. The zero-order chi connectivity index (χ0) is 11.3. The average Bonchev–Trinajstić information content (AvgIpc) is 2.18. The molecule has 1 aromatic heterocycles. The molecule has 4 nitrogen and oxygen atoms in total. The minimum absolute atomic E-state index is 0.248. The summed E-state index contributed by atoms with van der Waals surface area (Å²) >= 11 is 5.85. The maximum absolute atomic E-state index is 9.07. The molecule has 15 heavy (non-hydrogen) atoms. The molecule has 0 aromatic carbocycles. The van der Waals surface area contributed by atoms with E-state index in [2.05, 4.69) is 15.3 Å². The van der Waals surface area contributed by atoms with Gasteiger partial charge in [-0.2, -0.15) is 0 Å². The second-order valence-electron chi connectivity index (χ2n) is 3.56. The smallest absolute Gasteiger partial charge is 0.137 e. The predicted molar refractivity (Wildman–Crippen MR) is 61.2 cm³/mol. The fraction of sp³-hybridized carbons (Fsp3) is 0.600. The van der Waals surface area contributed by atoms with Gasteiger partial charge in [0.05, 0.1) is 6.10 Å². The molecule has 1 unspecified atom stereocenters. The molecule has 84 valence electrons. The Labute approximate surface area is 94.7 Å². The summed E-state index contributed by atoms with van der Waals surface area (Å²) in [4.78, 5) is 7.96. The molecular formula is C10H16ClN3O. The van der Waals surface area contributed by atoms with Crippen LogP contribution in [0.3, 0.4) is 0 Å². The van der Waals surface area contributed by atoms with E-state index in [1.807, 2.05) is 6.92 Å². The Morgan fingerprint density at radius 3 is 2.93 bits per heavy atom. The van der Waals surface area contributed by atoms with Crippen LogP contribution < -0.4 is 5.32 Å². The fourth-order valence-corrected chi connectivity index (χ4v) is 1.34. The molecule has 1 atom stereocenters. The van der Waals surface area contributed by atoms with Gasteiger partial charge in [-0.15, -0.1) is 0 Å². The number of nitrogens with zero attached hydrogens (tertiary/aromatic N) is 2. The fourth-order valence-electron chi connectivity index (χ4n) is 1.21. The molecule has 0 radical (unpaired) electrons. The van der Waals surface area contributed by atoms with Crippen molar-refractivity contribution in [3.05, 3.63) is 17.0 Å². The lowest BCUT2D eigenvalue weighted by molar-refractivity contribution is 0.183. The van der Waals surface area contributed by atoms with Crippen LogP contribution in [-0.4, -0.2) is 27.7 Å². The van der Waals surface area contributed by atoms with Gasteiger partial charge < -0.3 is 10.4 Å². The third-order valence-electron chi connectivity index (χ3n) is 2.11. The van der Waals surface area contributed by atoms with Gasteiger partial charge in [-0.05, 0) is 26.7 Å². The molecule has 1 rings (SSSR count). The predicted octanol–water partition coefficient (Wildman–Crippen LogP) is 2.01. The summed E-state index contributed by atoms with van der Waals surface area (Å²) in [5, 5.41) is 12.7. The molecular weight excluding hydrogens is 214 g/mol. The van der Waals surface area contributed by atoms with Gasteiger partial charge in [0.15, 0.2) is 0 Å². The van der Waals surface area contributed by atoms with Crippen LogP contribution in [0.1, 0.15) is 25.3 Å². The second-order valence-corrected chi connectivity index (χ2v) is 3.91. The lowest BCUT2D eigenvalue weighted by atomic mass is 10.2. The summed E-state index contributed by atoms with van der Waals surface area (Å²) in [7, 11) is 0. The topological polar surface area (TPSA) is 58.0 Å². The number of nitrogens with one attached hydrogen (secondary N) is 1. The van der Waals surface area contributed by atoms with Crippen molar-refractivity contribution in [3.63, 3.8) is 0 Å². The first-order valence-corrected chi connectivity index (χ1v) is 5.38. The van der Waals surface area contributed by atoms with Gasteiger partial charge >= 0.3 is 0 Å². The van der Waals surface area contributed by atoms with E-state index in [0.717, 1.165) is 30.8 Å². The van der Waals surface area contributed by atoms with Gasteiger partial charge in [0.1, 0.15) is 17.3 Å². The first-order chi connectivity index (χ1) is 7.11. The Kier molecular flexibility index (Phi) is 4.78. The van der Waals surface area contributed by atoms with Crippen molar-refractivity contribution in [2.24, 2.45) is 0 Å². The summed E-state index contributed by atoms with van der Waals surface area (Å²) in [5.41, 5.74) is 0.858. The molecule has 0 bridgehead atoms. The first kappa shape index (κ1) is 12.2. The van der Waals surface area contributed by atoms with Gasteiger partial charge in [-0.3, -0.25) is 0 Å². The summed E-state index contributed by atoms with van der Waals surface area (Å²) in [6.45, 7) is 4.44. The molecule has 5 heteroatoms. The SMILES string of the molecule is Cc1c(Cl)ncnc1NCCCC(C)O. The monoisotopic (exact) mass is 229 g/mol. The molecule has 1 heterocycles. The van der Waals surface area contributed by atoms with E-state index in [1.54, 1.807) is 6.92 Å². The molecule has 2 N–H and O–H groups in total. The number of halogens is 1. The van der Waals surface area contributed by atoms with Crippen molar-refractivity contribution < 1.29 is 5.11 Å². The maximum Gasteiger partial charge on any atom is 0.137 e. The number of anilines is 1. The van der Waals surface area contributed by atoms with E-state index < -0.39 is 0 Å². The largest absolute Gasteiger partial charge is 0.393 e. The highest BCUT2D eigenvalue weighted by molar-refractivity contribution is 6.30. The van der Waals surface area contributed by atoms with Crippen molar-refractivity contribution in [1.82, 2.24) is 9.97 Å². The van der Waals surface area contributed by atoms with Crippen LogP contribution in [0, 0.1) is 6.92 Å². The molecule has 0 amide bonds. The number of aliphatic hydroxyl groups is 1. The molecule has 1 aromatic rings. The minimum atomic E-state index is -0.248. The highest BCUT2D eigenvalue weighted by Crippen LogP contribution is 2.17. The number of hydrogen-bond acceptors (Lipinski definition) is 4. The zero-order valence-electron chi connectivity index (χ0n) is 9.00. The Morgan fingerprint density at radius 2 is 2.27 bits per heavy atom. The highest BCUT2D eigenvalue weighted by atomic mass is 35.5. The van der Waals surface area contributed by atoms with Crippen LogP contribution in [0.15, 0.2) is 6.33 Å². The van der Waals surface area contributed by atoms with Crippen molar-refractivity contribution in [1.29, 1.82) is 0 Å². The highest BCUT2D eigenvalue weighted by Gasteiger charge is 2.03. The van der Waals surface area contributed by atoms with Crippen molar-refractivity contribution in [2.45, 2.75) is 32.8 Å². The van der Waals surface area contributed by atoms with Crippen LogP contribution in [0.25, 0.3) is 0 Å². The van der Waals surface area contributed by atoms with Crippen molar-refractivity contribution in [2.75, 3.05) is 11.9 Å². The third kappa shape index (κ3) is 4.01. The van der Waals surface area contributed by atoms with Crippen molar-refractivity contribution in [3.8, 4) is 0 Å². The summed E-state index contributed by atoms with van der Waals surface area (Å²) in [6, 6.07) is 0. The first-order valence-electron chi connectivity index (χ1n) is 5.00. The molecule has 0 aliphatic heterocycles. The van der Waals surface area contributed by atoms with Crippen LogP contribution in [0.4, 0.5) is 5.82 Å². The Hall–Kier alpha value is -0.870. The van der Waals surface area contributed by atoms with E-state index in [0.29, 0.717) is 5.15 Å². The Balaban J connectivity index is 2.41. The zero-order valence-corrected chi connectivity index (χ0v) is 9.75. The maximum atomic E-state index is 9.07. The lowest BCUT2D eigenvalue weighted by Crippen LogP contribution is -2.08. The van der Waals surface area contributed by atoms with Crippen LogP contribution >= 0.6 is 11.6 Å². The quantitative estimate of drug-likeness (QED) is 0.599. The summed E-state index contributed by atoms with van der Waals surface area (Å²) in [6.07, 6.45) is 2.87. The van der Waals surface area contributed by atoms with E-state index in [1.165, 1.54) is 6.33 Å². The second kappa shape index (κ2) is 5.88. The minimum Gasteiger partial charge on any atom is -0.393 e. The van der Waals surface area contributed by atoms with E-state index in [-0.39, 0.29) is 6.10 Å². The normalized spacial score (nSPS) is 12.5. The van der Waals surface area contributed by atoms with Gasteiger partial charge in [0.2, 0.25) is 0 Å². The number of aliphatic hydroxyl groups excluding tert-OH is 1. The van der Waals surface area contributed by atoms with Crippen molar-refractivity contribution >= 4 is 17.4 Å². The van der Waals surface area contributed by atoms with Gasteiger partial charge in [0, 0.05) is 12.1 Å². The Bertz CT molecular complexity index is 318. The van der Waals surface area contributed by atoms with Crippen LogP contribution in [-0.2, 0) is 0 Å². The molecule has 0 saturated carbocycles.